The van der Waals surface area contributed by atoms with E-state index in [4.69, 9.17) is 4.74 Å². The highest BCUT2D eigenvalue weighted by atomic mass is 16.5. The van der Waals surface area contributed by atoms with Gasteiger partial charge in [-0.2, -0.15) is 0 Å². The maximum atomic E-state index is 12.6. The van der Waals surface area contributed by atoms with Gasteiger partial charge in [-0.15, -0.1) is 0 Å². The number of para-hydroxylation sites is 1. The monoisotopic (exact) mass is 381 g/mol. The number of likely N-dealkylation sites (tertiary alicyclic amines) is 1. The molecule has 1 aromatic carbocycles. The van der Waals surface area contributed by atoms with E-state index in [0.717, 1.165) is 5.69 Å². The highest BCUT2D eigenvalue weighted by Crippen LogP contribution is 2.32. The second-order valence-corrected chi connectivity index (χ2v) is 7.33. The molecule has 0 saturated carbocycles. The number of rotatable bonds is 4. The molecular weight excluding hydrogens is 358 g/mol. The maximum absolute atomic E-state index is 12.6. The van der Waals surface area contributed by atoms with E-state index in [1.165, 1.54) is 10.6 Å². The second kappa shape index (κ2) is 7.59. The number of morpholine rings is 1. The van der Waals surface area contributed by atoms with Crippen molar-refractivity contribution in [2.24, 2.45) is 0 Å². The predicted octanol–water partition coefficient (Wildman–Crippen LogP) is 1.27. The summed E-state index contributed by atoms with van der Waals surface area (Å²) < 4.78 is 7.45. The number of hydrogen-bond acceptors (Lipinski definition) is 4. The predicted molar refractivity (Wildman–Crippen MR) is 104 cm³/mol. The van der Waals surface area contributed by atoms with E-state index in [2.05, 4.69) is 0 Å². The molecule has 146 valence electrons. The Balaban J connectivity index is 1.40. The third kappa shape index (κ3) is 3.71. The molecule has 4 rings (SSSR count). The van der Waals surface area contributed by atoms with E-state index in [1.807, 2.05) is 30.3 Å². The number of benzene rings is 1. The van der Waals surface area contributed by atoms with Gasteiger partial charge in [0.05, 0.1) is 13.1 Å². The molecule has 1 spiro atoms. The molecule has 2 fully saturated rings. The van der Waals surface area contributed by atoms with Crippen LogP contribution in [0.25, 0.3) is 0 Å². The van der Waals surface area contributed by atoms with Crippen molar-refractivity contribution < 1.29 is 14.3 Å². The fourth-order valence-corrected chi connectivity index (χ4v) is 3.88. The zero-order chi connectivity index (χ0) is 19.6. The Hall–Kier alpha value is -2.93. The normalized spacial score (nSPS) is 22.1. The Morgan fingerprint density at radius 3 is 2.61 bits per heavy atom. The fourth-order valence-electron chi connectivity index (χ4n) is 3.88. The number of ether oxygens (including phenoxy) is 1. The highest BCUT2D eigenvalue weighted by Gasteiger charge is 2.46. The molecule has 1 unspecified atom stereocenters. The van der Waals surface area contributed by atoms with Gasteiger partial charge in [0, 0.05) is 37.5 Å². The van der Waals surface area contributed by atoms with Crippen molar-refractivity contribution in [1.29, 1.82) is 0 Å². The zero-order valence-corrected chi connectivity index (χ0v) is 15.6. The van der Waals surface area contributed by atoms with Crippen molar-refractivity contribution in [3.05, 3.63) is 65.1 Å². The first-order chi connectivity index (χ1) is 13.6. The van der Waals surface area contributed by atoms with Crippen LogP contribution >= 0.6 is 0 Å². The number of amides is 2. The maximum Gasteiger partial charge on any atom is 0.253 e. The Morgan fingerprint density at radius 1 is 1.04 bits per heavy atom. The Labute approximate surface area is 163 Å². The van der Waals surface area contributed by atoms with Crippen LogP contribution in [-0.4, -0.2) is 53.1 Å². The summed E-state index contributed by atoms with van der Waals surface area (Å²) in [6.07, 6.45) is 2.65. The molecule has 3 heterocycles. The molecule has 0 N–H and O–H groups in total. The number of hydrogen-bond donors (Lipinski definition) is 0. The van der Waals surface area contributed by atoms with Gasteiger partial charge in [0.15, 0.2) is 0 Å². The first-order valence-corrected chi connectivity index (χ1v) is 9.49. The Morgan fingerprint density at radius 2 is 1.82 bits per heavy atom. The molecule has 2 saturated heterocycles. The lowest BCUT2D eigenvalue weighted by atomic mass is 10.00. The molecule has 0 aliphatic carbocycles. The Kier molecular flexibility index (Phi) is 5.00. The average molecular weight is 381 g/mol. The standard InChI is InChI=1S/C21H23N3O4/c25-18-8-4-5-11-22(18)12-9-19(26)23-13-10-21(15-23)16-24(20(27)14-28-21)17-6-2-1-3-7-17/h1-8,11H,9-10,12-16H2. The molecule has 1 atom stereocenters. The summed E-state index contributed by atoms with van der Waals surface area (Å²) in [7, 11) is 0. The summed E-state index contributed by atoms with van der Waals surface area (Å²) in [5.74, 6) is -0.0653. The van der Waals surface area contributed by atoms with Gasteiger partial charge in [0.1, 0.15) is 12.2 Å². The smallest absolute Gasteiger partial charge is 0.253 e. The summed E-state index contributed by atoms with van der Waals surface area (Å²) in [5.41, 5.74) is 0.215. The van der Waals surface area contributed by atoms with Crippen LogP contribution in [0.5, 0.6) is 0 Å². The Bertz CT molecular complexity index is 927. The molecule has 28 heavy (non-hydrogen) atoms. The third-order valence-corrected chi connectivity index (χ3v) is 5.45. The van der Waals surface area contributed by atoms with Crippen LogP contribution in [0, 0.1) is 0 Å². The second-order valence-electron chi connectivity index (χ2n) is 7.33. The van der Waals surface area contributed by atoms with E-state index in [1.54, 1.807) is 28.1 Å². The molecule has 2 aliphatic heterocycles. The summed E-state index contributed by atoms with van der Waals surface area (Å²) in [5, 5.41) is 0. The van der Waals surface area contributed by atoms with Crippen molar-refractivity contribution in [3.63, 3.8) is 0 Å². The number of anilines is 1. The van der Waals surface area contributed by atoms with E-state index in [9.17, 15) is 14.4 Å². The minimum atomic E-state index is -0.525. The first kappa shape index (κ1) is 18.4. The van der Waals surface area contributed by atoms with E-state index in [-0.39, 0.29) is 30.4 Å². The number of carbonyl (C=O) groups excluding carboxylic acids is 2. The lowest BCUT2D eigenvalue weighted by Crippen LogP contribution is -2.56. The van der Waals surface area contributed by atoms with Crippen molar-refractivity contribution in [3.8, 4) is 0 Å². The summed E-state index contributed by atoms with van der Waals surface area (Å²) in [4.78, 5) is 40.3. The summed E-state index contributed by atoms with van der Waals surface area (Å²) in [6.45, 7) is 1.89. The van der Waals surface area contributed by atoms with Crippen LogP contribution in [-0.2, 0) is 20.9 Å². The summed E-state index contributed by atoms with van der Waals surface area (Å²) >= 11 is 0. The van der Waals surface area contributed by atoms with Crippen molar-refractivity contribution in [2.45, 2.75) is 25.0 Å². The van der Waals surface area contributed by atoms with Crippen LogP contribution < -0.4 is 10.5 Å². The highest BCUT2D eigenvalue weighted by molar-refractivity contribution is 5.95. The minimum Gasteiger partial charge on any atom is -0.361 e. The average Bonchev–Trinajstić information content (AvgIpc) is 3.14. The topological polar surface area (TPSA) is 71.9 Å². The minimum absolute atomic E-state index is 0.000566. The molecule has 2 amide bonds. The quantitative estimate of drug-likeness (QED) is 0.800. The molecule has 2 aromatic rings. The van der Waals surface area contributed by atoms with Crippen LogP contribution in [0.3, 0.4) is 0 Å². The fraction of sp³-hybridized carbons (Fsp3) is 0.381. The number of nitrogens with zero attached hydrogens (tertiary/aromatic N) is 3. The largest absolute Gasteiger partial charge is 0.361 e. The van der Waals surface area contributed by atoms with Gasteiger partial charge < -0.3 is 19.1 Å². The zero-order valence-electron chi connectivity index (χ0n) is 15.6. The molecule has 7 nitrogen and oxygen atoms in total. The lowest BCUT2D eigenvalue weighted by Gasteiger charge is -2.40. The lowest BCUT2D eigenvalue weighted by molar-refractivity contribution is -0.139. The van der Waals surface area contributed by atoms with Crippen LogP contribution in [0.1, 0.15) is 12.8 Å². The third-order valence-electron chi connectivity index (χ3n) is 5.45. The van der Waals surface area contributed by atoms with Crippen LogP contribution in [0.4, 0.5) is 5.69 Å². The molecule has 2 aliphatic rings. The van der Waals surface area contributed by atoms with Gasteiger partial charge in [0.2, 0.25) is 5.91 Å². The van der Waals surface area contributed by atoms with E-state index >= 15 is 0 Å². The number of aromatic nitrogens is 1. The van der Waals surface area contributed by atoms with Gasteiger partial charge in [-0.25, -0.2) is 0 Å². The van der Waals surface area contributed by atoms with Gasteiger partial charge in [-0.3, -0.25) is 14.4 Å². The summed E-state index contributed by atoms with van der Waals surface area (Å²) in [6, 6.07) is 14.5. The van der Waals surface area contributed by atoms with Crippen molar-refractivity contribution in [2.75, 3.05) is 31.1 Å². The number of pyridine rings is 1. The van der Waals surface area contributed by atoms with Gasteiger partial charge in [-0.1, -0.05) is 24.3 Å². The van der Waals surface area contributed by atoms with Gasteiger partial charge in [0.25, 0.3) is 11.5 Å². The van der Waals surface area contributed by atoms with Crippen molar-refractivity contribution >= 4 is 17.5 Å². The molecule has 0 bridgehead atoms. The van der Waals surface area contributed by atoms with Gasteiger partial charge in [-0.05, 0) is 24.6 Å². The van der Waals surface area contributed by atoms with Gasteiger partial charge >= 0.3 is 0 Å². The number of carbonyl (C=O) groups is 2. The van der Waals surface area contributed by atoms with E-state index < -0.39 is 5.60 Å². The molecular formula is C21H23N3O4. The van der Waals surface area contributed by atoms with Crippen LogP contribution in [0.15, 0.2) is 59.5 Å². The molecule has 0 radical (unpaired) electrons. The van der Waals surface area contributed by atoms with Crippen LogP contribution in [0.2, 0.25) is 0 Å². The van der Waals surface area contributed by atoms with Crippen molar-refractivity contribution in [1.82, 2.24) is 9.47 Å². The van der Waals surface area contributed by atoms with E-state index in [0.29, 0.717) is 32.6 Å². The SMILES string of the molecule is O=C(CCn1ccccc1=O)N1CCC2(C1)CN(c1ccccc1)C(=O)CO2. The molecule has 7 heteroatoms. The first-order valence-electron chi connectivity index (χ1n) is 9.49. The number of aryl methyl sites for hydroxylation is 1. The molecule has 1 aromatic heterocycles.